The summed E-state index contributed by atoms with van der Waals surface area (Å²) in [5, 5.41) is 9.45. The summed E-state index contributed by atoms with van der Waals surface area (Å²) in [6.45, 7) is 6.26. The van der Waals surface area contributed by atoms with Gasteiger partial charge in [0.25, 0.3) is 0 Å². The van der Waals surface area contributed by atoms with E-state index in [4.69, 9.17) is 10.5 Å². The monoisotopic (exact) mass is 486 g/mol. The Morgan fingerprint density at radius 3 is 2.64 bits per heavy atom. The minimum Gasteiger partial charge on any atom is -0.455 e. The zero-order valence-corrected chi connectivity index (χ0v) is 20.8. The number of hydrazine groups is 1. The van der Waals surface area contributed by atoms with Crippen molar-refractivity contribution in [3.63, 3.8) is 0 Å². The summed E-state index contributed by atoms with van der Waals surface area (Å²) in [6.07, 6.45) is 5.91. The highest BCUT2D eigenvalue weighted by Crippen LogP contribution is 2.33. The Balaban J connectivity index is 1.58. The molecule has 0 saturated carbocycles. The van der Waals surface area contributed by atoms with Gasteiger partial charge in [-0.25, -0.2) is 4.39 Å². The lowest BCUT2D eigenvalue weighted by Crippen LogP contribution is -2.34. The standard InChI is InChI=1S/C28H31FN6O/c1-28(2,29)27(31)16-24(32-3)25-15-22(18-33-34-25)36-26-14-20(17-30)6-9-23(26)21-7-4-19(5-8-21)10-11-35-12-13-35/h4-9,14-16,18,33-34H,10-13,31H2,1-3H3. The lowest BCUT2D eigenvalue weighted by Gasteiger charge is -2.20. The third kappa shape index (κ3) is 6.32. The molecule has 0 radical (unpaired) electrons. The number of benzene rings is 2. The van der Waals surface area contributed by atoms with Crippen LogP contribution in [-0.2, 0) is 6.42 Å². The van der Waals surface area contributed by atoms with Crippen molar-refractivity contribution in [2.75, 3.05) is 26.7 Å². The fourth-order valence-electron chi connectivity index (χ4n) is 3.66. The van der Waals surface area contributed by atoms with Crippen LogP contribution in [0.5, 0.6) is 5.75 Å². The number of allylic oxidation sites excluding steroid dienone is 3. The number of aliphatic imine (C=N–C) groups is 1. The van der Waals surface area contributed by atoms with Crippen molar-refractivity contribution in [3.8, 4) is 22.9 Å². The molecule has 2 aromatic rings. The third-order valence-corrected chi connectivity index (χ3v) is 6.06. The van der Waals surface area contributed by atoms with Crippen molar-refractivity contribution in [2.24, 2.45) is 10.7 Å². The van der Waals surface area contributed by atoms with Gasteiger partial charge in [0.15, 0.2) is 0 Å². The number of nitrogens with one attached hydrogen (secondary N) is 2. The molecule has 0 aromatic heterocycles. The normalized spacial score (nSPS) is 16.3. The fraction of sp³-hybridized carbons (Fsp3) is 0.286. The zero-order valence-electron chi connectivity index (χ0n) is 20.8. The SMILES string of the molecule is CN=C(C=C(N)C(C)(C)F)C1=CC(Oc2cc(C#N)ccc2-c2ccc(CCN3CC3)cc2)=CNN1. The van der Waals surface area contributed by atoms with Gasteiger partial charge in [-0.15, -0.1) is 0 Å². The van der Waals surface area contributed by atoms with Gasteiger partial charge in [0.1, 0.15) is 17.2 Å². The molecular formula is C28H31FN6O. The Morgan fingerprint density at radius 1 is 1.25 bits per heavy atom. The maximum Gasteiger partial charge on any atom is 0.147 e. The largest absolute Gasteiger partial charge is 0.455 e. The van der Waals surface area contributed by atoms with Gasteiger partial charge in [-0.3, -0.25) is 10.4 Å². The van der Waals surface area contributed by atoms with Crippen molar-refractivity contribution in [1.82, 2.24) is 15.8 Å². The van der Waals surface area contributed by atoms with Crippen LogP contribution < -0.4 is 21.3 Å². The second-order valence-corrected chi connectivity index (χ2v) is 9.27. The Morgan fingerprint density at radius 2 is 2.00 bits per heavy atom. The molecule has 1 saturated heterocycles. The van der Waals surface area contributed by atoms with E-state index < -0.39 is 5.67 Å². The maximum atomic E-state index is 14.2. The average Bonchev–Trinajstić information content (AvgIpc) is 3.70. The van der Waals surface area contributed by atoms with Gasteiger partial charge in [-0.1, -0.05) is 24.3 Å². The van der Waals surface area contributed by atoms with Crippen LogP contribution >= 0.6 is 0 Å². The van der Waals surface area contributed by atoms with Gasteiger partial charge in [0.05, 0.1) is 29.2 Å². The molecule has 4 N–H and O–H groups in total. The molecule has 7 nitrogen and oxygen atoms in total. The Kier molecular flexibility index (Phi) is 7.41. The van der Waals surface area contributed by atoms with Crippen LogP contribution in [0, 0.1) is 11.3 Å². The molecule has 0 unspecified atom stereocenters. The average molecular weight is 487 g/mol. The minimum atomic E-state index is -1.68. The van der Waals surface area contributed by atoms with E-state index in [1.165, 1.54) is 38.6 Å². The second kappa shape index (κ2) is 10.7. The number of ether oxygens (including phenoxy) is 1. The summed E-state index contributed by atoms with van der Waals surface area (Å²) in [7, 11) is 1.60. The fourth-order valence-corrected chi connectivity index (χ4v) is 3.66. The molecule has 36 heavy (non-hydrogen) atoms. The van der Waals surface area contributed by atoms with Crippen molar-refractivity contribution in [3.05, 3.63) is 89.1 Å². The first-order valence-corrected chi connectivity index (χ1v) is 11.9. The van der Waals surface area contributed by atoms with Crippen molar-refractivity contribution in [1.29, 1.82) is 5.26 Å². The third-order valence-electron chi connectivity index (χ3n) is 6.06. The molecule has 8 heteroatoms. The van der Waals surface area contributed by atoms with Crippen LogP contribution in [0.3, 0.4) is 0 Å². The lowest BCUT2D eigenvalue weighted by molar-refractivity contribution is 0.266. The van der Waals surface area contributed by atoms with Crippen LogP contribution in [0.1, 0.15) is 25.0 Å². The maximum absolute atomic E-state index is 14.2. The molecule has 2 aliphatic rings. The number of nitrogens with zero attached hydrogens (tertiary/aromatic N) is 3. The molecule has 0 atom stereocenters. The molecule has 186 valence electrons. The van der Waals surface area contributed by atoms with E-state index in [1.54, 1.807) is 31.5 Å². The van der Waals surface area contributed by atoms with Crippen LogP contribution in [-0.4, -0.2) is 43.0 Å². The summed E-state index contributed by atoms with van der Waals surface area (Å²) < 4.78 is 20.5. The first-order valence-electron chi connectivity index (χ1n) is 11.9. The number of halogens is 1. The molecule has 2 aliphatic heterocycles. The summed E-state index contributed by atoms with van der Waals surface area (Å²) in [5.74, 6) is 1.04. The minimum absolute atomic E-state index is 0.0598. The predicted octanol–water partition coefficient (Wildman–Crippen LogP) is 3.96. The summed E-state index contributed by atoms with van der Waals surface area (Å²) in [6, 6.07) is 16.0. The predicted molar refractivity (Wildman–Crippen MR) is 141 cm³/mol. The topological polar surface area (TPSA) is 98.5 Å². The highest BCUT2D eigenvalue weighted by molar-refractivity contribution is 6.08. The van der Waals surface area contributed by atoms with Gasteiger partial charge in [0.2, 0.25) is 0 Å². The molecule has 0 bridgehead atoms. The number of hydrogen-bond acceptors (Lipinski definition) is 7. The molecule has 4 rings (SSSR count). The molecule has 2 aromatic carbocycles. The number of rotatable bonds is 9. The molecule has 0 spiro atoms. The smallest absolute Gasteiger partial charge is 0.147 e. The number of nitriles is 1. The molecular weight excluding hydrogens is 455 g/mol. The van der Waals surface area contributed by atoms with Gasteiger partial charge in [-0.05, 0) is 55.7 Å². The van der Waals surface area contributed by atoms with Crippen molar-refractivity contribution in [2.45, 2.75) is 25.9 Å². The second-order valence-electron chi connectivity index (χ2n) is 9.27. The molecule has 0 amide bonds. The first-order chi connectivity index (χ1) is 17.3. The van der Waals surface area contributed by atoms with Crippen molar-refractivity contribution >= 4 is 5.71 Å². The van der Waals surface area contributed by atoms with E-state index in [0.29, 0.717) is 28.5 Å². The summed E-state index contributed by atoms with van der Waals surface area (Å²) >= 11 is 0. The Labute approximate surface area is 211 Å². The van der Waals surface area contributed by atoms with E-state index in [2.05, 4.69) is 51.1 Å². The number of nitrogens with two attached hydrogens (primary N) is 1. The summed E-state index contributed by atoms with van der Waals surface area (Å²) in [5.41, 5.74) is 14.9. The van der Waals surface area contributed by atoms with Crippen molar-refractivity contribution < 1.29 is 9.13 Å². The van der Waals surface area contributed by atoms with Gasteiger partial charge in [0, 0.05) is 44.0 Å². The Hall–Kier alpha value is -4.09. The van der Waals surface area contributed by atoms with Gasteiger partial charge in [-0.2, -0.15) is 5.26 Å². The van der Waals surface area contributed by atoms with E-state index in [0.717, 1.165) is 24.1 Å². The van der Waals surface area contributed by atoms with Crippen LogP contribution in [0.25, 0.3) is 11.1 Å². The zero-order chi connectivity index (χ0) is 25.7. The van der Waals surface area contributed by atoms with E-state index in [-0.39, 0.29) is 5.70 Å². The van der Waals surface area contributed by atoms with Crippen LogP contribution in [0.15, 0.2) is 83.0 Å². The highest BCUT2D eigenvalue weighted by atomic mass is 19.1. The van der Waals surface area contributed by atoms with Crippen LogP contribution in [0.4, 0.5) is 4.39 Å². The molecule has 1 fully saturated rings. The lowest BCUT2D eigenvalue weighted by atomic mass is 10.0. The molecule has 0 aliphatic carbocycles. The Bertz CT molecular complexity index is 1270. The van der Waals surface area contributed by atoms with Gasteiger partial charge >= 0.3 is 0 Å². The van der Waals surface area contributed by atoms with E-state index >= 15 is 0 Å². The number of alkyl halides is 1. The highest BCUT2D eigenvalue weighted by Gasteiger charge is 2.21. The summed E-state index contributed by atoms with van der Waals surface area (Å²) in [4.78, 5) is 6.63. The first kappa shape index (κ1) is 25.0. The van der Waals surface area contributed by atoms with Gasteiger partial charge < -0.3 is 20.8 Å². The quantitative estimate of drug-likeness (QED) is 0.367. The van der Waals surface area contributed by atoms with E-state index in [1.807, 2.05) is 6.07 Å². The number of hydrogen-bond donors (Lipinski definition) is 3. The molecule has 2 heterocycles. The van der Waals surface area contributed by atoms with Crippen LogP contribution in [0.2, 0.25) is 0 Å². The van der Waals surface area contributed by atoms with E-state index in [9.17, 15) is 9.65 Å².